The van der Waals surface area contributed by atoms with E-state index in [2.05, 4.69) is 19.2 Å². The van der Waals surface area contributed by atoms with Gasteiger partial charge in [0.05, 0.1) is 11.7 Å². The first-order valence-electron chi connectivity index (χ1n) is 9.84. The van der Waals surface area contributed by atoms with Crippen molar-refractivity contribution in [1.29, 1.82) is 0 Å². The Bertz CT molecular complexity index is 573. The first kappa shape index (κ1) is 24.0. The fourth-order valence-corrected chi connectivity index (χ4v) is 4.12. The Morgan fingerprint density at radius 1 is 1.15 bits per heavy atom. The van der Waals surface area contributed by atoms with Crippen molar-refractivity contribution in [2.45, 2.75) is 97.9 Å². The van der Waals surface area contributed by atoms with Crippen LogP contribution in [0.4, 0.5) is 0 Å². The van der Waals surface area contributed by atoms with Crippen molar-refractivity contribution in [3.8, 4) is 0 Å². The van der Waals surface area contributed by atoms with Gasteiger partial charge in [0.25, 0.3) is 0 Å². The minimum absolute atomic E-state index is 0.0324. The Labute approximate surface area is 169 Å². The zero-order chi connectivity index (χ0) is 21.2. The van der Waals surface area contributed by atoms with E-state index >= 15 is 0 Å². The molecule has 0 aromatic carbocycles. The van der Waals surface area contributed by atoms with Crippen LogP contribution in [-0.2, 0) is 14.4 Å². The van der Waals surface area contributed by atoms with E-state index in [1.807, 2.05) is 48.5 Å². The topological polar surface area (TPSA) is 66.5 Å². The summed E-state index contributed by atoms with van der Waals surface area (Å²) in [6.45, 7) is 18.1. The van der Waals surface area contributed by atoms with E-state index in [4.69, 9.17) is 0 Å². The highest BCUT2D eigenvalue weighted by Gasteiger charge is 2.46. The van der Waals surface area contributed by atoms with Crippen molar-refractivity contribution < 1.29 is 14.4 Å². The van der Waals surface area contributed by atoms with Crippen molar-refractivity contribution in [2.24, 2.45) is 11.3 Å². The van der Waals surface area contributed by atoms with Gasteiger partial charge in [0.2, 0.25) is 17.7 Å². The summed E-state index contributed by atoms with van der Waals surface area (Å²) < 4.78 is -0.0985. The first-order chi connectivity index (χ1) is 12.0. The van der Waals surface area contributed by atoms with Crippen molar-refractivity contribution in [3.63, 3.8) is 0 Å². The van der Waals surface area contributed by atoms with Gasteiger partial charge in [-0.2, -0.15) is 0 Å². The fraction of sp³-hybridized carbons (Fsp3) is 0.857. The van der Waals surface area contributed by atoms with Gasteiger partial charge in [0, 0.05) is 22.7 Å². The molecule has 0 saturated carbocycles. The standard InChI is InChI=1S/C21H38N2O3S/c1-14(23-17(25)12-15(18(23)26)19(2,3)4)10-11-21(8,9)27-13-16(24)22-20(5,6)7/h14-15H,10-13H2,1-9H3,(H,22,24). The average Bonchev–Trinajstić information content (AvgIpc) is 2.76. The minimum atomic E-state index is -0.226. The van der Waals surface area contributed by atoms with Crippen LogP contribution >= 0.6 is 11.8 Å². The van der Waals surface area contributed by atoms with Crippen LogP contribution in [-0.4, -0.2) is 44.7 Å². The van der Waals surface area contributed by atoms with Gasteiger partial charge >= 0.3 is 0 Å². The monoisotopic (exact) mass is 398 g/mol. The summed E-state index contributed by atoms with van der Waals surface area (Å²) >= 11 is 1.62. The number of carbonyl (C=O) groups excluding carboxylic acids is 3. The largest absolute Gasteiger partial charge is 0.351 e. The lowest BCUT2D eigenvalue weighted by Gasteiger charge is -2.30. The highest BCUT2D eigenvalue weighted by molar-refractivity contribution is 8.01. The number of imide groups is 1. The summed E-state index contributed by atoms with van der Waals surface area (Å²) in [5.74, 6) is 0.131. The molecule has 0 aromatic heterocycles. The Balaban J connectivity index is 2.57. The van der Waals surface area contributed by atoms with Crippen LogP contribution in [0.1, 0.15) is 81.6 Å². The Hall–Kier alpha value is -1.04. The van der Waals surface area contributed by atoms with Gasteiger partial charge in [-0.15, -0.1) is 11.8 Å². The van der Waals surface area contributed by atoms with Crippen LogP contribution in [0.15, 0.2) is 0 Å². The van der Waals surface area contributed by atoms with Gasteiger partial charge in [-0.1, -0.05) is 34.6 Å². The van der Waals surface area contributed by atoms with Crippen molar-refractivity contribution in [1.82, 2.24) is 10.2 Å². The number of hydrogen-bond acceptors (Lipinski definition) is 4. The van der Waals surface area contributed by atoms with Crippen molar-refractivity contribution in [3.05, 3.63) is 0 Å². The molecule has 0 spiro atoms. The van der Waals surface area contributed by atoms with Crippen LogP contribution in [0, 0.1) is 11.3 Å². The maximum absolute atomic E-state index is 12.7. The second-order valence-corrected chi connectivity index (χ2v) is 12.1. The molecule has 1 rings (SSSR count). The SMILES string of the molecule is CC(CCC(C)(C)SCC(=O)NC(C)(C)C)N1C(=O)CC(C(C)(C)C)C1=O. The summed E-state index contributed by atoms with van der Waals surface area (Å²) in [6.07, 6.45) is 1.89. The molecule has 1 saturated heterocycles. The van der Waals surface area contributed by atoms with E-state index < -0.39 is 0 Å². The number of rotatable bonds is 7. The molecular formula is C21H38N2O3S. The van der Waals surface area contributed by atoms with E-state index in [9.17, 15) is 14.4 Å². The predicted molar refractivity (Wildman–Crippen MR) is 113 cm³/mol. The van der Waals surface area contributed by atoms with Crippen LogP contribution in [0.25, 0.3) is 0 Å². The van der Waals surface area contributed by atoms with Crippen LogP contribution < -0.4 is 5.32 Å². The normalized spacial score (nSPS) is 20.2. The molecule has 1 aliphatic heterocycles. The van der Waals surface area contributed by atoms with Gasteiger partial charge < -0.3 is 5.32 Å². The first-order valence-corrected chi connectivity index (χ1v) is 10.8. The zero-order valence-corrected chi connectivity index (χ0v) is 19.4. The molecule has 0 bridgehead atoms. The van der Waals surface area contributed by atoms with Gasteiger partial charge in [-0.05, 0) is 46.0 Å². The number of nitrogens with zero attached hydrogens (tertiary/aromatic N) is 1. The van der Waals surface area contributed by atoms with Gasteiger partial charge in [0.1, 0.15) is 0 Å². The molecule has 2 unspecified atom stereocenters. The number of hydrogen-bond donors (Lipinski definition) is 1. The molecule has 0 aromatic rings. The van der Waals surface area contributed by atoms with Crippen LogP contribution in [0.5, 0.6) is 0 Å². The van der Waals surface area contributed by atoms with E-state index in [1.165, 1.54) is 4.90 Å². The maximum atomic E-state index is 12.7. The van der Waals surface area contributed by atoms with Gasteiger partial charge in [-0.3, -0.25) is 19.3 Å². The molecule has 1 heterocycles. The summed E-state index contributed by atoms with van der Waals surface area (Å²) in [5.41, 5.74) is -0.423. The van der Waals surface area contributed by atoms with Gasteiger partial charge in [0.15, 0.2) is 0 Å². The molecule has 1 N–H and O–H groups in total. The average molecular weight is 399 g/mol. The lowest BCUT2D eigenvalue weighted by Crippen LogP contribution is -2.42. The molecule has 5 nitrogen and oxygen atoms in total. The summed E-state index contributed by atoms with van der Waals surface area (Å²) in [6, 6.07) is -0.111. The highest BCUT2D eigenvalue weighted by atomic mass is 32.2. The number of amides is 3. The summed E-state index contributed by atoms with van der Waals surface area (Å²) in [4.78, 5) is 38.6. The lowest BCUT2D eigenvalue weighted by atomic mass is 9.80. The third-order valence-corrected chi connectivity index (χ3v) is 6.33. The van der Waals surface area contributed by atoms with Gasteiger partial charge in [-0.25, -0.2) is 0 Å². The Kier molecular flexibility index (Phi) is 7.59. The number of nitrogens with one attached hydrogen (secondary N) is 1. The van der Waals surface area contributed by atoms with Crippen molar-refractivity contribution in [2.75, 3.05) is 5.75 Å². The molecule has 6 heteroatoms. The molecule has 27 heavy (non-hydrogen) atoms. The number of thioether (sulfide) groups is 1. The highest BCUT2D eigenvalue weighted by Crippen LogP contribution is 2.37. The van der Waals surface area contributed by atoms with Crippen LogP contribution in [0.2, 0.25) is 0 Å². The van der Waals surface area contributed by atoms with E-state index in [-0.39, 0.29) is 45.4 Å². The molecule has 0 radical (unpaired) electrons. The predicted octanol–water partition coefficient (Wildman–Crippen LogP) is 4.00. The summed E-state index contributed by atoms with van der Waals surface area (Å²) in [5, 5.41) is 2.97. The summed E-state index contributed by atoms with van der Waals surface area (Å²) in [7, 11) is 0. The molecule has 2 atom stereocenters. The number of likely N-dealkylation sites (tertiary alicyclic amines) is 1. The van der Waals surface area contributed by atoms with Crippen LogP contribution in [0.3, 0.4) is 0 Å². The van der Waals surface area contributed by atoms with Crippen molar-refractivity contribution >= 4 is 29.5 Å². The molecule has 0 aliphatic carbocycles. The molecule has 1 aliphatic rings. The van der Waals surface area contributed by atoms with E-state index in [0.29, 0.717) is 12.2 Å². The molecule has 1 fully saturated rings. The molecule has 3 amide bonds. The zero-order valence-electron chi connectivity index (χ0n) is 18.6. The lowest BCUT2D eigenvalue weighted by molar-refractivity contribution is -0.142. The quantitative estimate of drug-likeness (QED) is 0.658. The van der Waals surface area contributed by atoms with E-state index in [0.717, 1.165) is 12.8 Å². The number of carbonyl (C=O) groups is 3. The Morgan fingerprint density at radius 2 is 1.70 bits per heavy atom. The third kappa shape index (κ3) is 7.47. The second kappa shape index (κ2) is 8.54. The molecule has 156 valence electrons. The third-order valence-electron chi connectivity index (χ3n) is 4.94. The minimum Gasteiger partial charge on any atom is -0.351 e. The maximum Gasteiger partial charge on any atom is 0.233 e. The molecular weight excluding hydrogens is 360 g/mol. The Morgan fingerprint density at radius 3 is 2.15 bits per heavy atom. The smallest absolute Gasteiger partial charge is 0.233 e. The fourth-order valence-electron chi connectivity index (χ4n) is 3.26. The van der Waals surface area contributed by atoms with E-state index in [1.54, 1.807) is 11.8 Å². The second-order valence-electron chi connectivity index (χ2n) is 10.5.